The van der Waals surface area contributed by atoms with Crippen LogP contribution in [-0.4, -0.2) is 17.5 Å². The molecule has 2 unspecified atom stereocenters. The Morgan fingerprint density at radius 3 is 2.82 bits per heavy atom. The van der Waals surface area contributed by atoms with Crippen LogP contribution >= 0.6 is 0 Å². The van der Waals surface area contributed by atoms with Crippen molar-refractivity contribution in [2.24, 2.45) is 5.92 Å². The van der Waals surface area contributed by atoms with E-state index in [1.807, 2.05) is 25.2 Å². The molecule has 2 nitrogen and oxygen atoms in total. The lowest BCUT2D eigenvalue weighted by atomic mass is 9.87. The van der Waals surface area contributed by atoms with E-state index in [2.05, 4.69) is 13.0 Å². The van der Waals surface area contributed by atoms with Gasteiger partial charge in [-0.25, -0.2) is 0 Å². The van der Waals surface area contributed by atoms with Gasteiger partial charge in [-0.15, -0.1) is 0 Å². The monoisotopic (exact) mass is 154 g/mol. The molecule has 0 fully saturated rings. The van der Waals surface area contributed by atoms with E-state index in [9.17, 15) is 0 Å². The van der Waals surface area contributed by atoms with Crippen molar-refractivity contribution < 1.29 is 9.84 Å². The molecule has 62 valence electrons. The Kier molecular flexibility index (Phi) is 2.47. The number of hydrogen-bond donors (Lipinski definition) is 1. The van der Waals surface area contributed by atoms with E-state index in [0.29, 0.717) is 5.92 Å². The van der Waals surface area contributed by atoms with Gasteiger partial charge in [-0.05, 0) is 6.92 Å². The number of aliphatic hydroxyl groups is 1. The fourth-order valence-corrected chi connectivity index (χ4v) is 1.14. The van der Waals surface area contributed by atoms with Crippen molar-refractivity contribution in [1.82, 2.24) is 0 Å². The fourth-order valence-electron chi connectivity index (χ4n) is 1.14. The van der Waals surface area contributed by atoms with Crippen LogP contribution in [0.1, 0.15) is 13.8 Å². The third-order valence-corrected chi connectivity index (χ3v) is 2.22. The molecule has 1 aliphatic rings. The molecule has 0 radical (unpaired) electrons. The van der Waals surface area contributed by atoms with Crippen LogP contribution in [0.25, 0.3) is 0 Å². The number of ether oxygens (including phenoxy) is 1. The summed E-state index contributed by atoms with van der Waals surface area (Å²) in [6.45, 7) is 3.81. The summed E-state index contributed by atoms with van der Waals surface area (Å²) in [4.78, 5) is 0. The SMILES string of the molecule is CC1C=CC=CC1(C)OCO. The van der Waals surface area contributed by atoms with Gasteiger partial charge in [-0.1, -0.05) is 31.2 Å². The van der Waals surface area contributed by atoms with Crippen LogP contribution in [0.3, 0.4) is 0 Å². The molecule has 11 heavy (non-hydrogen) atoms. The molecular weight excluding hydrogens is 140 g/mol. The summed E-state index contributed by atoms with van der Waals surface area (Å²) in [7, 11) is 0. The third-order valence-electron chi connectivity index (χ3n) is 2.22. The number of allylic oxidation sites excluding steroid dienone is 2. The average Bonchev–Trinajstić information content (AvgIpc) is 1.96. The van der Waals surface area contributed by atoms with E-state index < -0.39 is 0 Å². The second-order valence-corrected chi connectivity index (χ2v) is 2.99. The van der Waals surface area contributed by atoms with Gasteiger partial charge in [0.1, 0.15) is 6.79 Å². The van der Waals surface area contributed by atoms with Gasteiger partial charge in [0.05, 0.1) is 5.60 Å². The lowest BCUT2D eigenvalue weighted by Crippen LogP contribution is -2.34. The van der Waals surface area contributed by atoms with Gasteiger partial charge < -0.3 is 9.84 Å². The molecule has 0 aliphatic heterocycles. The Morgan fingerprint density at radius 1 is 1.55 bits per heavy atom. The molecule has 0 aromatic heterocycles. The minimum atomic E-state index is -0.330. The molecular formula is C9H14O2. The minimum Gasteiger partial charge on any atom is -0.371 e. The molecule has 0 spiro atoms. The molecule has 1 aliphatic carbocycles. The van der Waals surface area contributed by atoms with Crippen molar-refractivity contribution in [3.63, 3.8) is 0 Å². The van der Waals surface area contributed by atoms with Gasteiger partial charge in [-0.2, -0.15) is 0 Å². The summed E-state index contributed by atoms with van der Waals surface area (Å²) in [6.07, 6.45) is 7.96. The summed E-state index contributed by atoms with van der Waals surface area (Å²) >= 11 is 0. The smallest absolute Gasteiger partial charge is 0.144 e. The Balaban J connectivity index is 2.68. The molecule has 2 atom stereocenters. The first kappa shape index (κ1) is 8.50. The van der Waals surface area contributed by atoms with E-state index in [0.717, 1.165) is 0 Å². The maximum atomic E-state index is 8.62. The maximum Gasteiger partial charge on any atom is 0.144 e. The molecule has 1 rings (SSSR count). The molecule has 1 N–H and O–H groups in total. The highest BCUT2D eigenvalue weighted by atomic mass is 16.6. The maximum absolute atomic E-state index is 8.62. The minimum absolute atomic E-state index is 0.223. The molecule has 0 saturated carbocycles. The van der Waals surface area contributed by atoms with Crippen LogP contribution in [0.4, 0.5) is 0 Å². The van der Waals surface area contributed by atoms with Gasteiger partial charge in [0.25, 0.3) is 0 Å². The van der Waals surface area contributed by atoms with Gasteiger partial charge in [0, 0.05) is 5.92 Å². The number of hydrogen-bond acceptors (Lipinski definition) is 2. The lowest BCUT2D eigenvalue weighted by molar-refractivity contribution is -0.0981. The summed E-state index contributed by atoms with van der Waals surface area (Å²) in [5.74, 6) is 0.319. The fraction of sp³-hybridized carbons (Fsp3) is 0.556. The van der Waals surface area contributed by atoms with E-state index in [1.54, 1.807) is 0 Å². The first-order valence-electron chi connectivity index (χ1n) is 3.80. The first-order chi connectivity index (χ1) is 5.19. The van der Waals surface area contributed by atoms with Crippen molar-refractivity contribution >= 4 is 0 Å². The predicted molar refractivity (Wildman–Crippen MR) is 44.0 cm³/mol. The normalized spacial score (nSPS) is 36.1. The number of aliphatic hydroxyl groups excluding tert-OH is 1. The Morgan fingerprint density at radius 2 is 2.27 bits per heavy atom. The molecule has 0 amide bonds. The predicted octanol–water partition coefficient (Wildman–Crippen LogP) is 1.47. The average molecular weight is 154 g/mol. The van der Waals surface area contributed by atoms with Crippen molar-refractivity contribution in [3.8, 4) is 0 Å². The van der Waals surface area contributed by atoms with Crippen LogP contribution in [0.5, 0.6) is 0 Å². The summed E-state index contributed by atoms with van der Waals surface area (Å²) in [5, 5.41) is 8.62. The Labute approximate surface area is 67.2 Å². The summed E-state index contributed by atoms with van der Waals surface area (Å²) in [6, 6.07) is 0. The highest BCUT2D eigenvalue weighted by molar-refractivity contribution is 5.19. The second-order valence-electron chi connectivity index (χ2n) is 2.99. The van der Waals surface area contributed by atoms with Crippen LogP contribution in [-0.2, 0) is 4.74 Å². The highest BCUT2D eigenvalue weighted by Crippen LogP contribution is 2.27. The summed E-state index contributed by atoms with van der Waals surface area (Å²) in [5.41, 5.74) is -0.330. The largest absolute Gasteiger partial charge is 0.371 e. The molecule has 0 bridgehead atoms. The molecule has 0 heterocycles. The zero-order valence-electron chi connectivity index (χ0n) is 6.95. The van der Waals surface area contributed by atoms with Gasteiger partial charge in [0.15, 0.2) is 0 Å². The van der Waals surface area contributed by atoms with Crippen LogP contribution in [0.2, 0.25) is 0 Å². The van der Waals surface area contributed by atoms with E-state index >= 15 is 0 Å². The van der Waals surface area contributed by atoms with Crippen LogP contribution < -0.4 is 0 Å². The van der Waals surface area contributed by atoms with E-state index in [1.165, 1.54) is 0 Å². The lowest BCUT2D eigenvalue weighted by Gasteiger charge is -2.31. The third kappa shape index (κ3) is 1.70. The number of rotatable bonds is 2. The van der Waals surface area contributed by atoms with E-state index in [-0.39, 0.29) is 12.4 Å². The van der Waals surface area contributed by atoms with Crippen LogP contribution in [0.15, 0.2) is 24.3 Å². The Hall–Kier alpha value is -0.600. The molecule has 0 saturated heterocycles. The quantitative estimate of drug-likeness (QED) is 0.610. The zero-order chi connectivity index (χ0) is 8.32. The van der Waals surface area contributed by atoms with Crippen molar-refractivity contribution in [2.75, 3.05) is 6.79 Å². The molecule has 0 aromatic rings. The van der Waals surface area contributed by atoms with E-state index in [4.69, 9.17) is 9.84 Å². The van der Waals surface area contributed by atoms with Gasteiger partial charge >= 0.3 is 0 Å². The Bertz CT molecular complexity index is 184. The zero-order valence-corrected chi connectivity index (χ0v) is 6.95. The van der Waals surface area contributed by atoms with Crippen LogP contribution in [0, 0.1) is 5.92 Å². The second kappa shape index (κ2) is 3.20. The first-order valence-corrected chi connectivity index (χ1v) is 3.80. The van der Waals surface area contributed by atoms with Gasteiger partial charge in [-0.3, -0.25) is 0 Å². The van der Waals surface area contributed by atoms with Crippen molar-refractivity contribution in [1.29, 1.82) is 0 Å². The topological polar surface area (TPSA) is 29.5 Å². The van der Waals surface area contributed by atoms with Crippen molar-refractivity contribution in [3.05, 3.63) is 24.3 Å². The van der Waals surface area contributed by atoms with Gasteiger partial charge in [0.2, 0.25) is 0 Å². The highest BCUT2D eigenvalue weighted by Gasteiger charge is 2.28. The summed E-state index contributed by atoms with van der Waals surface area (Å²) < 4.78 is 5.20. The molecule has 0 aromatic carbocycles. The van der Waals surface area contributed by atoms with Crippen molar-refractivity contribution in [2.45, 2.75) is 19.4 Å². The molecule has 2 heteroatoms. The standard InChI is InChI=1S/C9H14O2/c1-8-5-3-4-6-9(8,2)11-7-10/h3-6,8,10H,7H2,1-2H3.